The van der Waals surface area contributed by atoms with Crippen LogP contribution in [-0.4, -0.2) is 19.0 Å². The summed E-state index contributed by atoms with van der Waals surface area (Å²) in [7, 11) is 0. The minimum atomic E-state index is -0.138. The second kappa shape index (κ2) is 6.78. The van der Waals surface area contributed by atoms with Crippen molar-refractivity contribution in [3.63, 3.8) is 0 Å². The van der Waals surface area contributed by atoms with Gasteiger partial charge in [0, 0.05) is 6.42 Å². The first kappa shape index (κ1) is 15.5. The summed E-state index contributed by atoms with van der Waals surface area (Å²) in [4.78, 5) is 12.3. The molecule has 3 rings (SSSR count). The van der Waals surface area contributed by atoms with Crippen LogP contribution >= 0.6 is 0 Å². The first-order valence-electron chi connectivity index (χ1n) is 8.42. The number of hydrogen-bond acceptors (Lipinski definition) is 2. The van der Waals surface area contributed by atoms with Crippen LogP contribution in [0.4, 0.5) is 4.39 Å². The number of hydrogen-bond donors (Lipinski definition) is 2. The third kappa shape index (κ3) is 3.32. The first-order valence-corrected chi connectivity index (χ1v) is 8.42. The van der Waals surface area contributed by atoms with E-state index < -0.39 is 0 Å². The Bertz CT molecular complexity index is 540. The Hall–Kier alpha value is -1.42. The molecule has 1 heterocycles. The molecule has 2 N–H and O–H groups in total. The van der Waals surface area contributed by atoms with Crippen molar-refractivity contribution in [2.45, 2.75) is 45.1 Å². The number of carbonyl (C=O) groups excluding carboxylic acids is 1. The minimum absolute atomic E-state index is 0.0475. The zero-order valence-corrected chi connectivity index (χ0v) is 13.2. The van der Waals surface area contributed by atoms with Gasteiger partial charge in [0.2, 0.25) is 5.91 Å². The molecule has 0 bridgehead atoms. The molecule has 2 aliphatic rings. The SMILES string of the molecule is CC1CCc2c(F)cccc2C1NC(=O)CCC1CCNC1. The fourth-order valence-corrected chi connectivity index (χ4v) is 3.74. The number of halogens is 1. The van der Waals surface area contributed by atoms with Crippen LogP contribution in [-0.2, 0) is 11.2 Å². The molecule has 3 atom stereocenters. The standard InChI is InChI=1S/C18H25FN2O/c1-12-5-7-14-15(3-2-4-16(14)19)18(12)21-17(22)8-6-13-9-10-20-11-13/h2-4,12-13,18,20H,5-11H2,1H3,(H,21,22). The normalized spacial score (nSPS) is 27.5. The molecule has 1 aliphatic carbocycles. The number of rotatable bonds is 4. The molecule has 4 heteroatoms. The lowest BCUT2D eigenvalue weighted by atomic mass is 9.80. The van der Waals surface area contributed by atoms with Gasteiger partial charge in [0.05, 0.1) is 6.04 Å². The van der Waals surface area contributed by atoms with E-state index in [1.165, 1.54) is 12.5 Å². The number of carbonyl (C=O) groups is 1. The van der Waals surface area contributed by atoms with E-state index in [0.29, 0.717) is 18.3 Å². The molecule has 1 aromatic carbocycles. The van der Waals surface area contributed by atoms with Gasteiger partial charge in [-0.05, 0) is 67.8 Å². The molecule has 0 saturated carbocycles. The number of benzene rings is 1. The molecule has 1 aliphatic heterocycles. The van der Waals surface area contributed by atoms with Crippen molar-refractivity contribution in [2.24, 2.45) is 11.8 Å². The number of fused-ring (bicyclic) bond motifs is 1. The average molecular weight is 304 g/mol. The molecule has 1 saturated heterocycles. The van der Waals surface area contributed by atoms with E-state index in [0.717, 1.165) is 43.5 Å². The van der Waals surface area contributed by atoms with Gasteiger partial charge in [-0.25, -0.2) is 4.39 Å². The quantitative estimate of drug-likeness (QED) is 0.898. The van der Waals surface area contributed by atoms with Gasteiger partial charge in [-0.1, -0.05) is 19.1 Å². The molecule has 3 nitrogen and oxygen atoms in total. The van der Waals surface area contributed by atoms with Gasteiger partial charge in [0.1, 0.15) is 5.82 Å². The molecule has 120 valence electrons. The topological polar surface area (TPSA) is 41.1 Å². The predicted molar refractivity (Wildman–Crippen MR) is 85.0 cm³/mol. The van der Waals surface area contributed by atoms with Crippen LogP contribution in [0.5, 0.6) is 0 Å². The van der Waals surface area contributed by atoms with E-state index >= 15 is 0 Å². The smallest absolute Gasteiger partial charge is 0.220 e. The lowest BCUT2D eigenvalue weighted by molar-refractivity contribution is -0.122. The summed E-state index contributed by atoms with van der Waals surface area (Å²) in [6.07, 6.45) is 4.37. The second-order valence-corrected chi connectivity index (χ2v) is 6.77. The highest BCUT2D eigenvalue weighted by Gasteiger charge is 2.29. The van der Waals surface area contributed by atoms with Crippen molar-refractivity contribution in [3.8, 4) is 0 Å². The Labute approximate surface area is 131 Å². The Balaban J connectivity index is 1.64. The van der Waals surface area contributed by atoms with Crippen molar-refractivity contribution >= 4 is 5.91 Å². The number of amides is 1. The lowest BCUT2D eigenvalue weighted by Crippen LogP contribution is -2.35. The molecule has 0 aromatic heterocycles. The van der Waals surface area contributed by atoms with E-state index in [9.17, 15) is 9.18 Å². The van der Waals surface area contributed by atoms with Crippen molar-refractivity contribution in [2.75, 3.05) is 13.1 Å². The Kier molecular flexibility index (Phi) is 4.77. The third-order valence-corrected chi connectivity index (χ3v) is 5.17. The minimum Gasteiger partial charge on any atom is -0.349 e. The van der Waals surface area contributed by atoms with E-state index in [1.54, 1.807) is 6.07 Å². The summed E-state index contributed by atoms with van der Waals surface area (Å²) in [6, 6.07) is 5.17. The number of nitrogens with one attached hydrogen (secondary N) is 2. The second-order valence-electron chi connectivity index (χ2n) is 6.77. The fourth-order valence-electron chi connectivity index (χ4n) is 3.74. The highest BCUT2D eigenvalue weighted by molar-refractivity contribution is 5.76. The first-order chi connectivity index (χ1) is 10.6. The van der Waals surface area contributed by atoms with Crippen molar-refractivity contribution < 1.29 is 9.18 Å². The molecule has 1 fully saturated rings. The van der Waals surface area contributed by atoms with Crippen LogP contribution in [0.3, 0.4) is 0 Å². The van der Waals surface area contributed by atoms with Gasteiger partial charge in [0.15, 0.2) is 0 Å². The van der Waals surface area contributed by atoms with E-state index in [2.05, 4.69) is 17.6 Å². The molecule has 1 aromatic rings. The van der Waals surface area contributed by atoms with Crippen LogP contribution < -0.4 is 10.6 Å². The van der Waals surface area contributed by atoms with E-state index in [-0.39, 0.29) is 17.8 Å². The van der Waals surface area contributed by atoms with Gasteiger partial charge < -0.3 is 10.6 Å². The average Bonchev–Trinajstić information content (AvgIpc) is 3.02. The molecule has 3 unspecified atom stereocenters. The van der Waals surface area contributed by atoms with Crippen molar-refractivity contribution in [1.82, 2.24) is 10.6 Å². The Morgan fingerprint density at radius 1 is 1.41 bits per heavy atom. The Morgan fingerprint density at radius 2 is 2.27 bits per heavy atom. The highest BCUT2D eigenvalue weighted by Crippen LogP contribution is 2.35. The zero-order chi connectivity index (χ0) is 15.5. The van der Waals surface area contributed by atoms with Crippen LogP contribution in [0.15, 0.2) is 18.2 Å². The summed E-state index contributed by atoms with van der Waals surface area (Å²) in [6.45, 7) is 4.24. The molecule has 0 radical (unpaired) electrons. The summed E-state index contributed by atoms with van der Waals surface area (Å²) in [5.41, 5.74) is 1.75. The van der Waals surface area contributed by atoms with Gasteiger partial charge in [0.25, 0.3) is 0 Å². The largest absolute Gasteiger partial charge is 0.349 e. The molecule has 1 amide bonds. The molecular formula is C18H25FN2O. The van der Waals surface area contributed by atoms with Gasteiger partial charge in [-0.15, -0.1) is 0 Å². The van der Waals surface area contributed by atoms with Crippen LogP contribution in [0.1, 0.15) is 49.8 Å². The molecule has 0 spiro atoms. The van der Waals surface area contributed by atoms with E-state index in [1.807, 2.05) is 6.07 Å². The highest BCUT2D eigenvalue weighted by atomic mass is 19.1. The maximum absolute atomic E-state index is 13.9. The van der Waals surface area contributed by atoms with Crippen LogP contribution in [0.25, 0.3) is 0 Å². The maximum atomic E-state index is 13.9. The maximum Gasteiger partial charge on any atom is 0.220 e. The van der Waals surface area contributed by atoms with Gasteiger partial charge >= 0.3 is 0 Å². The summed E-state index contributed by atoms with van der Waals surface area (Å²) in [5, 5.41) is 6.48. The molecular weight excluding hydrogens is 279 g/mol. The van der Waals surface area contributed by atoms with Crippen LogP contribution in [0.2, 0.25) is 0 Å². The third-order valence-electron chi connectivity index (χ3n) is 5.17. The summed E-state index contributed by atoms with van der Waals surface area (Å²) in [5.74, 6) is 0.937. The molecule has 22 heavy (non-hydrogen) atoms. The van der Waals surface area contributed by atoms with Gasteiger partial charge in [-0.3, -0.25) is 4.79 Å². The zero-order valence-electron chi connectivity index (χ0n) is 13.2. The lowest BCUT2D eigenvalue weighted by Gasteiger charge is -2.32. The summed E-state index contributed by atoms with van der Waals surface area (Å²) >= 11 is 0. The van der Waals surface area contributed by atoms with E-state index in [4.69, 9.17) is 0 Å². The predicted octanol–water partition coefficient (Wildman–Crippen LogP) is 2.96. The van der Waals surface area contributed by atoms with Crippen molar-refractivity contribution in [1.29, 1.82) is 0 Å². The Morgan fingerprint density at radius 3 is 3.05 bits per heavy atom. The van der Waals surface area contributed by atoms with Gasteiger partial charge in [-0.2, -0.15) is 0 Å². The van der Waals surface area contributed by atoms with Crippen LogP contribution in [0, 0.1) is 17.7 Å². The summed E-state index contributed by atoms with van der Waals surface area (Å²) < 4.78 is 13.9. The van der Waals surface area contributed by atoms with Crippen molar-refractivity contribution in [3.05, 3.63) is 35.1 Å². The monoisotopic (exact) mass is 304 g/mol. The fraction of sp³-hybridized carbons (Fsp3) is 0.611.